The van der Waals surface area contributed by atoms with Crippen molar-refractivity contribution in [3.05, 3.63) is 29.6 Å². The number of carbonyl (C=O) groups excluding carboxylic acids is 1. The minimum atomic E-state index is -0.212. The SMILES string of the molecule is CC1CN(C(=O)c2cncc(C#CCO)c2)C(C)CO1. The van der Waals surface area contributed by atoms with Crippen LogP contribution in [-0.2, 0) is 4.74 Å². The highest BCUT2D eigenvalue weighted by Crippen LogP contribution is 2.15. The first-order chi connectivity index (χ1) is 9.61. The first-order valence-electron chi connectivity index (χ1n) is 6.59. The van der Waals surface area contributed by atoms with Gasteiger partial charge in [-0.3, -0.25) is 9.78 Å². The number of morpholine rings is 1. The standard InChI is InChI=1S/C15H18N2O3/c1-11-10-20-12(2)9-17(11)15(19)14-6-13(4-3-5-18)7-16-8-14/h6-8,11-12,18H,5,9-10H2,1-2H3. The number of hydrogen-bond donors (Lipinski definition) is 1. The fourth-order valence-corrected chi connectivity index (χ4v) is 2.12. The van der Waals surface area contributed by atoms with Gasteiger partial charge in [-0.05, 0) is 19.9 Å². The molecular weight excluding hydrogens is 256 g/mol. The van der Waals surface area contributed by atoms with Crippen molar-refractivity contribution in [1.29, 1.82) is 0 Å². The zero-order chi connectivity index (χ0) is 14.5. The monoisotopic (exact) mass is 274 g/mol. The Balaban J connectivity index is 2.20. The van der Waals surface area contributed by atoms with Gasteiger partial charge in [0.25, 0.3) is 5.91 Å². The number of rotatable bonds is 1. The lowest BCUT2D eigenvalue weighted by molar-refractivity contribution is -0.0387. The molecule has 0 radical (unpaired) electrons. The van der Waals surface area contributed by atoms with E-state index in [9.17, 15) is 4.79 Å². The first kappa shape index (κ1) is 14.5. The molecule has 1 aromatic rings. The Kier molecular flexibility index (Phi) is 4.72. The summed E-state index contributed by atoms with van der Waals surface area (Å²) in [6.45, 7) is 4.83. The minimum Gasteiger partial charge on any atom is -0.384 e. The van der Waals surface area contributed by atoms with Crippen LogP contribution in [0, 0.1) is 11.8 Å². The van der Waals surface area contributed by atoms with Gasteiger partial charge in [0.2, 0.25) is 0 Å². The normalized spacial score (nSPS) is 22.1. The first-order valence-corrected chi connectivity index (χ1v) is 6.59. The maximum Gasteiger partial charge on any atom is 0.255 e. The van der Waals surface area contributed by atoms with Crippen LogP contribution in [0.2, 0.25) is 0 Å². The highest BCUT2D eigenvalue weighted by atomic mass is 16.5. The van der Waals surface area contributed by atoms with Gasteiger partial charge in [0.1, 0.15) is 6.61 Å². The molecule has 1 amide bonds. The predicted octanol–water partition coefficient (Wildman–Crippen LogP) is 0.675. The topological polar surface area (TPSA) is 62.7 Å². The molecule has 0 spiro atoms. The van der Waals surface area contributed by atoms with E-state index in [1.807, 2.05) is 13.8 Å². The van der Waals surface area contributed by atoms with Gasteiger partial charge in [0.15, 0.2) is 0 Å². The molecule has 106 valence electrons. The Morgan fingerprint density at radius 2 is 2.35 bits per heavy atom. The lowest BCUT2D eigenvalue weighted by atomic mass is 10.1. The lowest BCUT2D eigenvalue weighted by Crippen LogP contribution is -2.50. The van der Waals surface area contributed by atoms with Gasteiger partial charge in [-0.15, -0.1) is 0 Å². The summed E-state index contributed by atoms with van der Waals surface area (Å²) in [5, 5.41) is 8.69. The van der Waals surface area contributed by atoms with Gasteiger partial charge < -0.3 is 14.7 Å². The van der Waals surface area contributed by atoms with Crippen molar-refractivity contribution in [1.82, 2.24) is 9.88 Å². The molecule has 2 unspecified atom stereocenters. The number of aliphatic hydroxyl groups is 1. The van der Waals surface area contributed by atoms with Crippen molar-refractivity contribution in [2.75, 3.05) is 19.8 Å². The van der Waals surface area contributed by atoms with Crippen LogP contribution in [0.25, 0.3) is 0 Å². The summed E-state index contributed by atoms with van der Waals surface area (Å²) in [7, 11) is 0. The van der Waals surface area contributed by atoms with Crippen molar-refractivity contribution in [2.45, 2.75) is 26.0 Å². The molecule has 1 aliphatic heterocycles. The smallest absolute Gasteiger partial charge is 0.255 e. The second-order valence-corrected chi connectivity index (χ2v) is 4.87. The van der Waals surface area contributed by atoms with Gasteiger partial charge >= 0.3 is 0 Å². The molecule has 2 atom stereocenters. The zero-order valence-corrected chi connectivity index (χ0v) is 11.7. The molecular formula is C15H18N2O3. The summed E-state index contributed by atoms with van der Waals surface area (Å²) in [5.41, 5.74) is 1.13. The van der Waals surface area contributed by atoms with Gasteiger partial charge in [-0.2, -0.15) is 0 Å². The molecule has 0 aromatic carbocycles. The van der Waals surface area contributed by atoms with Crippen LogP contribution >= 0.6 is 0 Å². The Morgan fingerprint density at radius 1 is 1.55 bits per heavy atom. The molecule has 2 rings (SSSR count). The molecule has 0 saturated carbocycles. The number of nitrogens with zero attached hydrogens (tertiary/aromatic N) is 2. The van der Waals surface area contributed by atoms with Crippen molar-refractivity contribution in [3.63, 3.8) is 0 Å². The zero-order valence-electron chi connectivity index (χ0n) is 11.7. The number of ether oxygens (including phenoxy) is 1. The van der Waals surface area contributed by atoms with Crippen molar-refractivity contribution in [3.8, 4) is 11.8 Å². The predicted molar refractivity (Wildman–Crippen MR) is 74.1 cm³/mol. The molecule has 0 bridgehead atoms. The van der Waals surface area contributed by atoms with E-state index in [2.05, 4.69) is 16.8 Å². The fourth-order valence-electron chi connectivity index (χ4n) is 2.12. The fraction of sp³-hybridized carbons (Fsp3) is 0.467. The number of carbonyl (C=O) groups is 1. The van der Waals surface area contributed by atoms with E-state index in [0.717, 1.165) is 0 Å². The third kappa shape index (κ3) is 3.35. The molecule has 1 saturated heterocycles. The van der Waals surface area contributed by atoms with E-state index >= 15 is 0 Å². The maximum absolute atomic E-state index is 12.5. The summed E-state index contributed by atoms with van der Waals surface area (Å²) < 4.78 is 5.52. The summed E-state index contributed by atoms with van der Waals surface area (Å²) in [4.78, 5) is 18.3. The molecule has 5 heteroatoms. The van der Waals surface area contributed by atoms with E-state index in [1.54, 1.807) is 23.4 Å². The minimum absolute atomic E-state index is 0.0421. The van der Waals surface area contributed by atoms with Crippen LogP contribution < -0.4 is 0 Å². The van der Waals surface area contributed by atoms with Crippen molar-refractivity contribution >= 4 is 5.91 Å². The van der Waals surface area contributed by atoms with Crippen molar-refractivity contribution < 1.29 is 14.6 Å². The number of aliphatic hydroxyl groups excluding tert-OH is 1. The largest absolute Gasteiger partial charge is 0.384 e. The summed E-state index contributed by atoms with van der Waals surface area (Å²) in [6.07, 6.45) is 3.16. The van der Waals surface area contributed by atoms with E-state index in [1.165, 1.54) is 0 Å². The maximum atomic E-state index is 12.5. The quantitative estimate of drug-likeness (QED) is 0.765. The van der Waals surface area contributed by atoms with Gasteiger partial charge in [0, 0.05) is 24.5 Å². The number of hydrogen-bond acceptors (Lipinski definition) is 4. The van der Waals surface area contributed by atoms with Gasteiger partial charge in [-0.25, -0.2) is 0 Å². The number of pyridine rings is 1. The second kappa shape index (κ2) is 6.51. The van der Waals surface area contributed by atoms with E-state index < -0.39 is 0 Å². The van der Waals surface area contributed by atoms with E-state index in [0.29, 0.717) is 24.3 Å². The lowest BCUT2D eigenvalue weighted by Gasteiger charge is -2.36. The molecule has 1 N–H and O–H groups in total. The second-order valence-electron chi connectivity index (χ2n) is 4.87. The average Bonchev–Trinajstić information content (AvgIpc) is 2.47. The third-order valence-electron chi connectivity index (χ3n) is 3.17. The summed E-state index contributed by atoms with van der Waals surface area (Å²) in [5.74, 6) is 5.24. The molecule has 1 aliphatic rings. The summed E-state index contributed by atoms with van der Waals surface area (Å²) in [6, 6.07) is 1.75. The molecule has 5 nitrogen and oxygen atoms in total. The summed E-state index contributed by atoms with van der Waals surface area (Å²) >= 11 is 0. The molecule has 1 fully saturated rings. The molecule has 20 heavy (non-hydrogen) atoms. The molecule has 2 heterocycles. The Labute approximate surface area is 118 Å². The molecule has 1 aromatic heterocycles. The average molecular weight is 274 g/mol. The van der Waals surface area contributed by atoms with Gasteiger partial charge in [0.05, 0.1) is 24.3 Å². The van der Waals surface area contributed by atoms with Crippen LogP contribution in [0.5, 0.6) is 0 Å². The highest BCUT2D eigenvalue weighted by molar-refractivity contribution is 5.94. The Morgan fingerprint density at radius 3 is 3.10 bits per heavy atom. The van der Waals surface area contributed by atoms with Crippen LogP contribution in [0.15, 0.2) is 18.5 Å². The number of amides is 1. The van der Waals surface area contributed by atoms with Gasteiger partial charge in [-0.1, -0.05) is 11.8 Å². The van der Waals surface area contributed by atoms with Crippen LogP contribution in [0.3, 0.4) is 0 Å². The van der Waals surface area contributed by atoms with E-state index in [4.69, 9.17) is 9.84 Å². The Hall–Kier alpha value is -1.90. The Bertz CT molecular complexity index is 548. The van der Waals surface area contributed by atoms with E-state index in [-0.39, 0.29) is 24.7 Å². The van der Waals surface area contributed by atoms with Crippen LogP contribution in [0.4, 0.5) is 0 Å². The third-order valence-corrected chi connectivity index (χ3v) is 3.17. The highest BCUT2D eigenvalue weighted by Gasteiger charge is 2.28. The van der Waals surface area contributed by atoms with Crippen LogP contribution in [0.1, 0.15) is 29.8 Å². The number of aromatic nitrogens is 1. The molecule has 0 aliphatic carbocycles. The van der Waals surface area contributed by atoms with Crippen molar-refractivity contribution in [2.24, 2.45) is 0 Å². The van der Waals surface area contributed by atoms with Crippen LogP contribution in [-0.4, -0.2) is 52.8 Å².